The average Bonchev–Trinajstić information content (AvgIpc) is 3.31. The van der Waals surface area contributed by atoms with Crippen molar-refractivity contribution in [3.8, 4) is 11.4 Å². The minimum Gasteiger partial charge on any atom is -0.497 e. The second-order valence-corrected chi connectivity index (χ2v) is 7.96. The molecule has 2 aromatic heterocycles. The summed E-state index contributed by atoms with van der Waals surface area (Å²) in [5.41, 5.74) is 2.90. The van der Waals surface area contributed by atoms with Crippen molar-refractivity contribution in [3.63, 3.8) is 0 Å². The number of aromatic nitrogens is 4. The Morgan fingerprint density at radius 1 is 1.23 bits per heavy atom. The Kier molecular flexibility index (Phi) is 6.61. The number of carbonyl (C=O) groups is 2. The van der Waals surface area contributed by atoms with E-state index in [1.165, 1.54) is 11.8 Å². The molecule has 3 aromatic rings. The van der Waals surface area contributed by atoms with E-state index >= 15 is 0 Å². The smallest absolute Gasteiger partial charge is 0.340 e. The van der Waals surface area contributed by atoms with E-state index in [-0.39, 0.29) is 12.4 Å². The number of nitrogens with one attached hydrogen (secondary N) is 1. The second kappa shape index (κ2) is 9.17. The molecule has 8 nitrogen and oxygen atoms in total. The largest absolute Gasteiger partial charge is 0.497 e. The van der Waals surface area contributed by atoms with Crippen LogP contribution >= 0.6 is 11.8 Å². The molecule has 0 aliphatic rings. The van der Waals surface area contributed by atoms with Crippen molar-refractivity contribution in [1.82, 2.24) is 19.7 Å². The summed E-state index contributed by atoms with van der Waals surface area (Å²) >= 11 is 1.30. The van der Waals surface area contributed by atoms with Gasteiger partial charge in [-0.3, -0.25) is 9.36 Å². The van der Waals surface area contributed by atoms with Crippen LogP contribution in [0.1, 0.15) is 46.0 Å². The van der Waals surface area contributed by atoms with E-state index in [1.54, 1.807) is 41.1 Å². The molecule has 0 spiro atoms. The Bertz CT molecular complexity index is 1060. The van der Waals surface area contributed by atoms with Crippen LogP contribution < -0.4 is 4.74 Å². The Balaban J connectivity index is 1.81. The molecule has 0 amide bonds. The summed E-state index contributed by atoms with van der Waals surface area (Å²) in [4.78, 5) is 28.3. The first-order valence-corrected chi connectivity index (χ1v) is 10.4. The number of Topliss-reactive ketones (excluding diaryl/α,β-unsaturated/α-hetero) is 1. The second-order valence-electron chi connectivity index (χ2n) is 6.65. The Hall–Kier alpha value is -3.07. The molecular weight excluding hydrogens is 404 g/mol. The summed E-state index contributed by atoms with van der Waals surface area (Å²) in [5.74, 6) is 0.197. The lowest BCUT2D eigenvalue weighted by atomic mass is 10.1. The number of aromatic amines is 1. The lowest BCUT2D eigenvalue weighted by Crippen LogP contribution is -2.16. The molecule has 0 bridgehead atoms. The third-order valence-corrected chi connectivity index (χ3v) is 5.74. The van der Waals surface area contributed by atoms with Gasteiger partial charge in [0.25, 0.3) is 0 Å². The quantitative estimate of drug-likeness (QED) is 0.331. The van der Waals surface area contributed by atoms with Crippen molar-refractivity contribution < 1.29 is 19.1 Å². The Morgan fingerprint density at radius 3 is 2.57 bits per heavy atom. The maximum atomic E-state index is 13.1. The summed E-state index contributed by atoms with van der Waals surface area (Å²) in [6.07, 6.45) is 1.60. The highest BCUT2D eigenvalue weighted by molar-refractivity contribution is 8.00. The highest BCUT2D eigenvalue weighted by Crippen LogP contribution is 2.28. The molecular formula is C21H24N4O4S. The molecule has 0 saturated carbocycles. The lowest BCUT2D eigenvalue weighted by molar-refractivity contribution is 0.0525. The molecule has 0 saturated heterocycles. The highest BCUT2D eigenvalue weighted by atomic mass is 32.2. The van der Waals surface area contributed by atoms with Gasteiger partial charge in [0.15, 0.2) is 10.9 Å². The molecule has 0 radical (unpaired) electrons. The van der Waals surface area contributed by atoms with Gasteiger partial charge in [-0.25, -0.2) is 4.79 Å². The number of benzene rings is 1. The topological polar surface area (TPSA) is 99.1 Å². The number of ketones is 1. The normalized spacial score (nSPS) is 11.9. The van der Waals surface area contributed by atoms with Gasteiger partial charge in [-0.1, -0.05) is 11.8 Å². The number of hydrogen-bond acceptors (Lipinski definition) is 7. The average molecular weight is 429 g/mol. The molecule has 0 aliphatic carbocycles. The van der Waals surface area contributed by atoms with Gasteiger partial charge in [0, 0.05) is 11.4 Å². The third-order valence-electron chi connectivity index (χ3n) is 4.68. The van der Waals surface area contributed by atoms with Gasteiger partial charge >= 0.3 is 5.97 Å². The van der Waals surface area contributed by atoms with Gasteiger partial charge in [0.1, 0.15) is 12.1 Å². The van der Waals surface area contributed by atoms with Gasteiger partial charge in [-0.05, 0) is 57.5 Å². The monoisotopic (exact) mass is 428 g/mol. The maximum absolute atomic E-state index is 13.1. The first kappa shape index (κ1) is 21.6. The predicted octanol–water partition coefficient (Wildman–Crippen LogP) is 3.76. The van der Waals surface area contributed by atoms with Gasteiger partial charge in [-0.15, -0.1) is 10.2 Å². The number of rotatable bonds is 8. The van der Waals surface area contributed by atoms with E-state index in [4.69, 9.17) is 9.47 Å². The predicted molar refractivity (Wildman–Crippen MR) is 114 cm³/mol. The van der Waals surface area contributed by atoms with Gasteiger partial charge < -0.3 is 14.5 Å². The summed E-state index contributed by atoms with van der Waals surface area (Å²) in [6.45, 7) is 7.34. The maximum Gasteiger partial charge on any atom is 0.340 e. The number of nitrogens with zero attached hydrogens (tertiary/aromatic N) is 3. The van der Waals surface area contributed by atoms with E-state index < -0.39 is 11.2 Å². The van der Waals surface area contributed by atoms with Crippen LogP contribution in [0.25, 0.3) is 5.69 Å². The van der Waals surface area contributed by atoms with Crippen molar-refractivity contribution in [2.24, 2.45) is 0 Å². The third kappa shape index (κ3) is 4.25. The van der Waals surface area contributed by atoms with Crippen molar-refractivity contribution in [2.75, 3.05) is 13.7 Å². The number of ether oxygens (including phenoxy) is 2. The molecule has 30 heavy (non-hydrogen) atoms. The van der Waals surface area contributed by atoms with Crippen LogP contribution in [0, 0.1) is 13.8 Å². The highest BCUT2D eigenvalue weighted by Gasteiger charge is 2.27. The van der Waals surface area contributed by atoms with Crippen molar-refractivity contribution in [1.29, 1.82) is 0 Å². The molecule has 3 rings (SSSR count). The number of esters is 1. The van der Waals surface area contributed by atoms with E-state index in [0.29, 0.717) is 27.7 Å². The molecule has 2 heterocycles. The van der Waals surface area contributed by atoms with E-state index in [9.17, 15) is 9.59 Å². The summed E-state index contributed by atoms with van der Waals surface area (Å²) in [5, 5.41) is 8.29. The van der Waals surface area contributed by atoms with E-state index in [1.807, 2.05) is 28.8 Å². The standard InChI is InChI=1S/C21H24N4O4S/c1-6-29-20(27)17-12(2)18(23-13(17)3)19(26)14(4)30-21-24-22-11-25(21)15-7-9-16(28-5)10-8-15/h7-11,14,23H,6H2,1-5H3/t14-/m1/s1. The lowest BCUT2D eigenvalue weighted by Gasteiger charge is -2.11. The van der Waals surface area contributed by atoms with Crippen molar-refractivity contribution >= 4 is 23.5 Å². The summed E-state index contributed by atoms with van der Waals surface area (Å²) in [6, 6.07) is 7.48. The van der Waals surface area contributed by atoms with Gasteiger partial charge in [0.05, 0.1) is 30.2 Å². The van der Waals surface area contributed by atoms with Crippen LogP contribution in [0.3, 0.4) is 0 Å². The molecule has 1 N–H and O–H groups in total. The molecule has 9 heteroatoms. The van der Waals surface area contributed by atoms with E-state index in [2.05, 4.69) is 15.2 Å². The summed E-state index contributed by atoms with van der Waals surface area (Å²) < 4.78 is 12.1. The van der Waals surface area contributed by atoms with Crippen LogP contribution in [0.4, 0.5) is 0 Å². The van der Waals surface area contributed by atoms with Crippen molar-refractivity contribution in [2.45, 2.75) is 38.1 Å². The van der Waals surface area contributed by atoms with Gasteiger partial charge in [0.2, 0.25) is 0 Å². The van der Waals surface area contributed by atoms with Crippen LogP contribution in [0.15, 0.2) is 35.7 Å². The Labute approximate surface area is 179 Å². The first-order chi connectivity index (χ1) is 14.4. The van der Waals surface area contributed by atoms with Crippen molar-refractivity contribution in [3.05, 3.63) is 53.1 Å². The van der Waals surface area contributed by atoms with Crippen LogP contribution in [-0.4, -0.2) is 50.5 Å². The molecule has 0 fully saturated rings. The van der Waals surface area contributed by atoms with Crippen LogP contribution in [0.5, 0.6) is 5.75 Å². The molecule has 0 unspecified atom stereocenters. The zero-order valence-corrected chi connectivity index (χ0v) is 18.4. The fourth-order valence-corrected chi connectivity index (χ4v) is 4.05. The molecule has 1 atom stereocenters. The SMILES string of the molecule is CCOC(=O)c1c(C)[nH]c(C(=O)[C@@H](C)Sc2nncn2-c2ccc(OC)cc2)c1C. The number of methoxy groups -OCH3 is 1. The zero-order valence-electron chi connectivity index (χ0n) is 17.6. The number of H-pyrrole nitrogens is 1. The number of thioether (sulfide) groups is 1. The number of hydrogen-bond donors (Lipinski definition) is 1. The zero-order chi connectivity index (χ0) is 21.8. The van der Waals surface area contributed by atoms with E-state index in [0.717, 1.165) is 11.4 Å². The van der Waals surface area contributed by atoms with Crippen LogP contribution in [-0.2, 0) is 4.74 Å². The fraction of sp³-hybridized carbons (Fsp3) is 0.333. The first-order valence-electron chi connectivity index (χ1n) is 9.48. The van der Waals surface area contributed by atoms with Crippen LogP contribution in [0.2, 0.25) is 0 Å². The summed E-state index contributed by atoms with van der Waals surface area (Å²) in [7, 11) is 1.61. The number of aryl methyl sites for hydroxylation is 1. The Morgan fingerprint density at radius 2 is 1.93 bits per heavy atom. The van der Waals surface area contributed by atoms with Gasteiger partial charge in [-0.2, -0.15) is 0 Å². The minimum atomic E-state index is -0.446. The molecule has 158 valence electrons. The molecule has 1 aromatic carbocycles. The fourth-order valence-electron chi connectivity index (χ4n) is 3.15. The molecule has 0 aliphatic heterocycles. The minimum absolute atomic E-state index is 0.125. The number of carbonyl (C=O) groups excluding carboxylic acids is 2.